The fourth-order valence-electron chi connectivity index (χ4n) is 1.24. The highest BCUT2D eigenvalue weighted by atomic mass is 79.9. The molecule has 0 bridgehead atoms. The average molecular weight is 280 g/mol. The molecule has 0 aliphatic heterocycles. The molecule has 1 rings (SSSR count). The van der Waals surface area contributed by atoms with Gasteiger partial charge in [-0.1, -0.05) is 34.5 Å². The zero-order chi connectivity index (χ0) is 10.7. The zero-order valence-corrected chi connectivity index (χ0v) is 10.4. The lowest BCUT2D eigenvalue weighted by atomic mass is 10.1. The van der Waals surface area contributed by atoms with Gasteiger partial charge < -0.3 is 9.84 Å². The Morgan fingerprint density at radius 3 is 2.71 bits per heavy atom. The third-order valence-electron chi connectivity index (χ3n) is 1.84. The number of methoxy groups -OCH3 is 1. The largest absolute Gasteiger partial charge is 0.504 e. The monoisotopic (exact) mass is 278 g/mol. The van der Waals surface area contributed by atoms with E-state index in [1.54, 1.807) is 12.1 Å². The van der Waals surface area contributed by atoms with E-state index in [4.69, 9.17) is 16.3 Å². The predicted molar refractivity (Wildman–Crippen MR) is 61.8 cm³/mol. The number of ether oxygens (including phenoxy) is 1. The van der Waals surface area contributed by atoms with Crippen LogP contribution in [0.1, 0.15) is 12.5 Å². The van der Waals surface area contributed by atoms with Crippen molar-refractivity contribution in [3.63, 3.8) is 0 Å². The van der Waals surface area contributed by atoms with Crippen LogP contribution in [-0.4, -0.2) is 17.0 Å². The Morgan fingerprint density at radius 1 is 1.57 bits per heavy atom. The van der Waals surface area contributed by atoms with Crippen molar-refractivity contribution < 1.29 is 9.84 Å². The average Bonchev–Trinajstić information content (AvgIpc) is 2.09. The molecule has 2 nitrogen and oxygen atoms in total. The first-order valence-corrected chi connectivity index (χ1v) is 5.53. The van der Waals surface area contributed by atoms with Gasteiger partial charge in [-0.15, -0.1) is 0 Å². The summed E-state index contributed by atoms with van der Waals surface area (Å²) in [5.41, 5.74) is 0.790. The Hall–Kier alpha value is -0.410. The van der Waals surface area contributed by atoms with Crippen molar-refractivity contribution in [1.82, 2.24) is 0 Å². The maximum atomic E-state index is 9.76. The summed E-state index contributed by atoms with van der Waals surface area (Å²) in [6, 6.07) is 3.34. The van der Waals surface area contributed by atoms with Crippen molar-refractivity contribution in [2.45, 2.75) is 18.2 Å². The van der Waals surface area contributed by atoms with Crippen LogP contribution in [-0.2, 0) is 6.42 Å². The summed E-state index contributed by atoms with van der Waals surface area (Å²) in [5.74, 6) is 0.587. The van der Waals surface area contributed by atoms with Gasteiger partial charge in [0.2, 0.25) is 0 Å². The van der Waals surface area contributed by atoms with E-state index >= 15 is 0 Å². The summed E-state index contributed by atoms with van der Waals surface area (Å²) < 4.78 is 5.00. The fourth-order valence-corrected chi connectivity index (χ4v) is 1.82. The standard InChI is InChI=1S/C10H12BrClO2/c1-6(11)3-7-4-8(12)5-9(14-2)10(7)13/h4-6,13H,3H2,1-2H3. The van der Waals surface area contributed by atoms with Crippen LogP contribution in [0.5, 0.6) is 11.5 Å². The fraction of sp³-hybridized carbons (Fsp3) is 0.400. The number of hydrogen-bond donors (Lipinski definition) is 1. The van der Waals surface area contributed by atoms with Crippen LogP contribution in [0.2, 0.25) is 5.02 Å². The maximum absolute atomic E-state index is 9.76. The topological polar surface area (TPSA) is 29.5 Å². The summed E-state index contributed by atoms with van der Waals surface area (Å²) in [4.78, 5) is 0.288. The number of halogens is 2. The summed E-state index contributed by atoms with van der Waals surface area (Å²) in [6.07, 6.45) is 0.711. The van der Waals surface area contributed by atoms with Crippen LogP contribution in [0.3, 0.4) is 0 Å². The summed E-state index contributed by atoms with van der Waals surface area (Å²) >= 11 is 9.30. The van der Waals surface area contributed by atoms with E-state index < -0.39 is 0 Å². The van der Waals surface area contributed by atoms with Crippen LogP contribution in [0.25, 0.3) is 0 Å². The molecule has 14 heavy (non-hydrogen) atoms. The molecule has 0 saturated heterocycles. The zero-order valence-electron chi connectivity index (χ0n) is 8.05. The van der Waals surface area contributed by atoms with Gasteiger partial charge in [0.25, 0.3) is 0 Å². The van der Waals surface area contributed by atoms with E-state index in [1.165, 1.54) is 7.11 Å². The molecule has 0 aromatic heterocycles. The third kappa shape index (κ3) is 2.79. The third-order valence-corrected chi connectivity index (χ3v) is 2.38. The molecule has 0 spiro atoms. The SMILES string of the molecule is COc1cc(Cl)cc(CC(C)Br)c1O. The highest BCUT2D eigenvalue weighted by Crippen LogP contribution is 2.34. The molecular formula is C10H12BrClO2. The van der Waals surface area contributed by atoms with Crippen molar-refractivity contribution in [3.05, 3.63) is 22.7 Å². The first kappa shape index (κ1) is 11.7. The Labute approximate surface area is 97.0 Å². The molecule has 4 heteroatoms. The molecule has 0 heterocycles. The van der Waals surface area contributed by atoms with E-state index in [-0.39, 0.29) is 10.6 Å². The summed E-state index contributed by atoms with van der Waals surface area (Å²) in [5, 5.41) is 10.3. The summed E-state index contributed by atoms with van der Waals surface area (Å²) in [7, 11) is 1.51. The second-order valence-corrected chi connectivity index (χ2v) is 5.10. The van der Waals surface area contributed by atoms with Crippen LogP contribution >= 0.6 is 27.5 Å². The molecule has 1 atom stereocenters. The van der Waals surface area contributed by atoms with Crippen LogP contribution in [0, 0.1) is 0 Å². The van der Waals surface area contributed by atoms with Crippen molar-refractivity contribution in [3.8, 4) is 11.5 Å². The van der Waals surface area contributed by atoms with Crippen molar-refractivity contribution in [2.75, 3.05) is 7.11 Å². The minimum absolute atomic E-state index is 0.170. The van der Waals surface area contributed by atoms with Gasteiger partial charge in [0, 0.05) is 21.5 Å². The highest BCUT2D eigenvalue weighted by Gasteiger charge is 2.11. The van der Waals surface area contributed by atoms with Crippen LogP contribution in [0.4, 0.5) is 0 Å². The summed E-state index contributed by atoms with van der Waals surface area (Å²) in [6.45, 7) is 2.01. The van der Waals surface area contributed by atoms with Gasteiger partial charge in [0.1, 0.15) is 0 Å². The lowest BCUT2D eigenvalue weighted by Gasteiger charge is -2.10. The highest BCUT2D eigenvalue weighted by molar-refractivity contribution is 9.09. The molecule has 1 N–H and O–H groups in total. The Balaban J connectivity index is 3.08. The molecule has 0 aliphatic rings. The lowest BCUT2D eigenvalue weighted by molar-refractivity contribution is 0.370. The van der Waals surface area contributed by atoms with E-state index in [0.717, 1.165) is 5.56 Å². The molecule has 0 aliphatic carbocycles. The number of aromatic hydroxyl groups is 1. The van der Waals surface area contributed by atoms with Gasteiger partial charge in [0.05, 0.1) is 7.11 Å². The van der Waals surface area contributed by atoms with E-state index in [1.807, 2.05) is 6.92 Å². The Kier molecular flexibility index (Phi) is 4.08. The number of hydrogen-bond acceptors (Lipinski definition) is 2. The number of rotatable bonds is 3. The van der Waals surface area contributed by atoms with Crippen molar-refractivity contribution in [1.29, 1.82) is 0 Å². The molecule has 0 amide bonds. The maximum Gasteiger partial charge on any atom is 0.162 e. The molecule has 1 aromatic carbocycles. The first-order chi connectivity index (χ1) is 6.54. The predicted octanol–water partition coefficient (Wildman–Crippen LogP) is 3.38. The van der Waals surface area contributed by atoms with Gasteiger partial charge >= 0.3 is 0 Å². The van der Waals surface area contributed by atoms with Gasteiger partial charge in [-0.2, -0.15) is 0 Å². The molecule has 0 radical (unpaired) electrons. The van der Waals surface area contributed by atoms with E-state index in [9.17, 15) is 5.11 Å². The van der Waals surface area contributed by atoms with Gasteiger partial charge in [-0.05, 0) is 12.5 Å². The number of alkyl halides is 1. The molecule has 1 aromatic rings. The Bertz CT molecular complexity index is 326. The van der Waals surface area contributed by atoms with Gasteiger partial charge in [-0.25, -0.2) is 0 Å². The number of phenols is 1. The van der Waals surface area contributed by atoms with Crippen LogP contribution < -0.4 is 4.74 Å². The number of phenolic OH excluding ortho intramolecular Hbond substituents is 1. The second-order valence-electron chi connectivity index (χ2n) is 3.10. The second kappa shape index (κ2) is 4.89. The van der Waals surface area contributed by atoms with Crippen LogP contribution in [0.15, 0.2) is 12.1 Å². The van der Waals surface area contributed by atoms with Gasteiger partial charge in [0.15, 0.2) is 11.5 Å². The molecule has 0 saturated carbocycles. The minimum Gasteiger partial charge on any atom is -0.504 e. The lowest BCUT2D eigenvalue weighted by Crippen LogP contribution is -1.98. The normalized spacial score (nSPS) is 12.6. The quantitative estimate of drug-likeness (QED) is 0.860. The number of benzene rings is 1. The molecule has 0 fully saturated rings. The van der Waals surface area contributed by atoms with Gasteiger partial charge in [-0.3, -0.25) is 0 Å². The minimum atomic E-state index is 0.170. The van der Waals surface area contributed by atoms with Crippen molar-refractivity contribution in [2.24, 2.45) is 0 Å². The Morgan fingerprint density at radius 2 is 2.21 bits per heavy atom. The molecule has 78 valence electrons. The first-order valence-electron chi connectivity index (χ1n) is 4.24. The molecule has 1 unspecified atom stereocenters. The van der Waals surface area contributed by atoms with E-state index in [2.05, 4.69) is 15.9 Å². The van der Waals surface area contributed by atoms with E-state index in [0.29, 0.717) is 17.2 Å². The smallest absolute Gasteiger partial charge is 0.162 e. The molecular weight excluding hydrogens is 267 g/mol. The van der Waals surface area contributed by atoms with Crippen molar-refractivity contribution >= 4 is 27.5 Å².